The second-order valence-corrected chi connectivity index (χ2v) is 4.18. The molecular formula is C13H21N. The van der Waals surface area contributed by atoms with E-state index in [2.05, 4.69) is 45.0 Å². The topological polar surface area (TPSA) is 26.0 Å². The van der Waals surface area contributed by atoms with E-state index in [4.69, 9.17) is 5.73 Å². The third kappa shape index (κ3) is 2.58. The van der Waals surface area contributed by atoms with Gasteiger partial charge in [-0.3, -0.25) is 0 Å². The highest BCUT2D eigenvalue weighted by molar-refractivity contribution is 5.26. The Bertz CT molecular complexity index is 261. The maximum absolute atomic E-state index is 5.78. The number of hydrogen-bond donors (Lipinski definition) is 1. The Hall–Kier alpha value is -0.820. The number of hydrogen-bond acceptors (Lipinski definition) is 1. The number of benzene rings is 1. The third-order valence-corrected chi connectivity index (χ3v) is 2.87. The summed E-state index contributed by atoms with van der Waals surface area (Å²) in [6, 6.07) is 8.85. The maximum atomic E-state index is 5.78. The molecule has 0 saturated carbocycles. The van der Waals surface area contributed by atoms with Crippen molar-refractivity contribution in [2.45, 2.75) is 33.1 Å². The van der Waals surface area contributed by atoms with Crippen LogP contribution >= 0.6 is 0 Å². The van der Waals surface area contributed by atoms with E-state index in [0.717, 1.165) is 13.0 Å². The van der Waals surface area contributed by atoms with Crippen molar-refractivity contribution in [3.63, 3.8) is 0 Å². The molecule has 0 bridgehead atoms. The van der Waals surface area contributed by atoms with Gasteiger partial charge in [-0.05, 0) is 35.9 Å². The smallest absolute Gasteiger partial charge is 0.000577 e. The highest BCUT2D eigenvalue weighted by atomic mass is 14.6. The van der Waals surface area contributed by atoms with Gasteiger partial charge in [-0.25, -0.2) is 0 Å². The fourth-order valence-electron chi connectivity index (χ4n) is 1.79. The standard InChI is InChI=1S/C13H21N/c1-4-11-5-7-12(8-6-11)13(9-14)10(2)3/h5-8,10,13H,4,9,14H2,1-3H3. The molecule has 0 amide bonds. The van der Waals surface area contributed by atoms with Crippen LogP contribution in [0.1, 0.15) is 37.8 Å². The molecule has 1 atom stereocenters. The average molecular weight is 191 g/mol. The molecule has 0 saturated heterocycles. The molecule has 0 heterocycles. The minimum absolute atomic E-state index is 0.501. The molecule has 0 aliphatic rings. The first-order valence-electron chi connectivity index (χ1n) is 5.48. The Morgan fingerprint density at radius 3 is 2.07 bits per heavy atom. The summed E-state index contributed by atoms with van der Waals surface area (Å²) < 4.78 is 0. The van der Waals surface area contributed by atoms with Gasteiger partial charge in [0.05, 0.1) is 0 Å². The monoisotopic (exact) mass is 191 g/mol. The van der Waals surface area contributed by atoms with Crippen molar-refractivity contribution in [1.82, 2.24) is 0 Å². The quantitative estimate of drug-likeness (QED) is 0.778. The Balaban J connectivity index is 2.84. The summed E-state index contributed by atoms with van der Waals surface area (Å²) in [7, 11) is 0. The second-order valence-electron chi connectivity index (χ2n) is 4.18. The van der Waals surface area contributed by atoms with Crippen LogP contribution in [-0.2, 0) is 6.42 Å². The SMILES string of the molecule is CCc1ccc(C(CN)C(C)C)cc1. The predicted octanol–water partition coefficient (Wildman–Crippen LogP) is 2.95. The van der Waals surface area contributed by atoms with Crippen molar-refractivity contribution in [3.8, 4) is 0 Å². The first-order chi connectivity index (χ1) is 6.69. The van der Waals surface area contributed by atoms with Gasteiger partial charge in [0.1, 0.15) is 0 Å². The van der Waals surface area contributed by atoms with E-state index in [1.807, 2.05) is 0 Å². The lowest BCUT2D eigenvalue weighted by Gasteiger charge is -2.19. The maximum Gasteiger partial charge on any atom is -0.000577 e. The summed E-state index contributed by atoms with van der Waals surface area (Å²) in [4.78, 5) is 0. The Morgan fingerprint density at radius 1 is 1.14 bits per heavy atom. The molecule has 0 spiro atoms. The number of rotatable bonds is 4. The summed E-state index contributed by atoms with van der Waals surface area (Å²) >= 11 is 0. The van der Waals surface area contributed by atoms with E-state index in [1.165, 1.54) is 11.1 Å². The summed E-state index contributed by atoms with van der Waals surface area (Å²) in [6.07, 6.45) is 1.11. The molecule has 1 rings (SSSR count). The molecule has 0 aliphatic heterocycles. The van der Waals surface area contributed by atoms with Crippen molar-refractivity contribution in [2.24, 2.45) is 11.7 Å². The van der Waals surface area contributed by atoms with E-state index >= 15 is 0 Å². The van der Waals surface area contributed by atoms with E-state index < -0.39 is 0 Å². The lowest BCUT2D eigenvalue weighted by atomic mass is 9.88. The molecular weight excluding hydrogens is 170 g/mol. The van der Waals surface area contributed by atoms with Crippen LogP contribution in [0.4, 0.5) is 0 Å². The van der Waals surface area contributed by atoms with E-state index in [9.17, 15) is 0 Å². The first kappa shape index (κ1) is 11.3. The van der Waals surface area contributed by atoms with Crippen molar-refractivity contribution in [3.05, 3.63) is 35.4 Å². The second kappa shape index (κ2) is 5.16. The molecule has 1 aromatic carbocycles. The summed E-state index contributed by atoms with van der Waals surface area (Å²) in [5.74, 6) is 1.12. The van der Waals surface area contributed by atoms with Gasteiger partial charge in [-0.2, -0.15) is 0 Å². The van der Waals surface area contributed by atoms with Crippen LogP contribution in [0.5, 0.6) is 0 Å². The lowest BCUT2D eigenvalue weighted by Crippen LogP contribution is -2.17. The van der Waals surface area contributed by atoms with Crippen molar-refractivity contribution in [2.75, 3.05) is 6.54 Å². The van der Waals surface area contributed by atoms with Gasteiger partial charge in [0.25, 0.3) is 0 Å². The molecule has 2 N–H and O–H groups in total. The van der Waals surface area contributed by atoms with Crippen LogP contribution in [0.25, 0.3) is 0 Å². The largest absolute Gasteiger partial charge is 0.330 e. The van der Waals surface area contributed by atoms with E-state index in [0.29, 0.717) is 11.8 Å². The summed E-state index contributed by atoms with van der Waals surface area (Å²) in [6.45, 7) is 7.37. The zero-order chi connectivity index (χ0) is 10.6. The van der Waals surface area contributed by atoms with Gasteiger partial charge in [-0.15, -0.1) is 0 Å². The molecule has 0 aliphatic carbocycles. The third-order valence-electron chi connectivity index (χ3n) is 2.87. The van der Waals surface area contributed by atoms with Crippen LogP contribution in [-0.4, -0.2) is 6.54 Å². The van der Waals surface area contributed by atoms with Crippen LogP contribution in [0.2, 0.25) is 0 Å². The van der Waals surface area contributed by atoms with Crippen LogP contribution in [0.15, 0.2) is 24.3 Å². The molecule has 1 heteroatoms. The minimum atomic E-state index is 0.501. The van der Waals surface area contributed by atoms with Gasteiger partial charge < -0.3 is 5.73 Å². The Morgan fingerprint density at radius 2 is 1.71 bits per heavy atom. The predicted molar refractivity (Wildman–Crippen MR) is 62.5 cm³/mol. The minimum Gasteiger partial charge on any atom is -0.330 e. The Kier molecular flexibility index (Phi) is 4.15. The first-order valence-corrected chi connectivity index (χ1v) is 5.48. The summed E-state index contributed by atoms with van der Waals surface area (Å²) in [5.41, 5.74) is 8.55. The van der Waals surface area contributed by atoms with Gasteiger partial charge in [0, 0.05) is 0 Å². The van der Waals surface area contributed by atoms with Gasteiger partial charge in [0.2, 0.25) is 0 Å². The van der Waals surface area contributed by atoms with Gasteiger partial charge in [0.15, 0.2) is 0 Å². The van der Waals surface area contributed by atoms with Gasteiger partial charge >= 0.3 is 0 Å². The van der Waals surface area contributed by atoms with E-state index in [1.54, 1.807) is 0 Å². The highest BCUT2D eigenvalue weighted by Crippen LogP contribution is 2.23. The molecule has 0 fully saturated rings. The molecule has 14 heavy (non-hydrogen) atoms. The number of nitrogens with two attached hydrogens (primary N) is 1. The van der Waals surface area contributed by atoms with Crippen LogP contribution < -0.4 is 5.73 Å². The van der Waals surface area contributed by atoms with Crippen molar-refractivity contribution >= 4 is 0 Å². The fraction of sp³-hybridized carbons (Fsp3) is 0.538. The summed E-state index contributed by atoms with van der Waals surface area (Å²) in [5, 5.41) is 0. The average Bonchev–Trinajstić information content (AvgIpc) is 2.19. The lowest BCUT2D eigenvalue weighted by molar-refractivity contribution is 0.506. The Labute approximate surface area is 87.3 Å². The number of aryl methyl sites for hydroxylation is 1. The molecule has 0 radical (unpaired) electrons. The van der Waals surface area contributed by atoms with Crippen molar-refractivity contribution in [1.29, 1.82) is 0 Å². The molecule has 1 aromatic rings. The molecule has 1 unspecified atom stereocenters. The highest BCUT2D eigenvalue weighted by Gasteiger charge is 2.13. The van der Waals surface area contributed by atoms with E-state index in [-0.39, 0.29) is 0 Å². The zero-order valence-corrected chi connectivity index (χ0v) is 9.46. The zero-order valence-electron chi connectivity index (χ0n) is 9.46. The van der Waals surface area contributed by atoms with Crippen molar-refractivity contribution < 1.29 is 0 Å². The molecule has 78 valence electrons. The normalized spacial score (nSPS) is 13.2. The van der Waals surface area contributed by atoms with Crippen LogP contribution in [0.3, 0.4) is 0 Å². The van der Waals surface area contributed by atoms with Gasteiger partial charge in [-0.1, -0.05) is 45.0 Å². The fourth-order valence-corrected chi connectivity index (χ4v) is 1.79. The molecule has 1 nitrogen and oxygen atoms in total. The van der Waals surface area contributed by atoms with Crippen LogP contribution in [0, 0.1) is 5.92 Å². The molecule has 0 aromatic heterocycles.